The summed E-state index contributed by atoms with van der Waals surface area (Å²) in [4.78, 5) is 44.8. The Labute approximate surface area is 245 Å². The molecule has 0 saturated carbocycles. The van der Waals surface area contributed by atoms with E-state index < -0.39 is 12.2 Å². The van der Waals surface area contributed by atoms with E-state index in [1.165, 1.54) is 0 Å². The van der Waals surface area contributed by atoms with Crippen molar-refractivity contribution in [2.45, 2.75) is 50.3 Å². The van der Waals surface area contributed by atoms with Crippen LogP contribution in [0.5, 0.6) is 0 Å². The number of likely N-dealkylation sites (tertiary alicyclic amines) is 2. The zero-order valence-corrected chi connectivity index (χ0v) is 24.8. The lowest BCUT2D eigenvalue weighted by Gasteiger charge is -2.38. The van der Waals surface area contributed by atoms with Crippen LogP contribution in [-0.4, -0.2) is 83.6 Å². The summed E-state index contributed by atoms with van der Waals surface area (Å²) in [6, 6.07) is 13.5. The molecule has 2 aromatic rings. The Bertz CT molecular complexity index is 1240. The fourth-order valence-electron chi connectivity index (χ4n) is 5.55. The third-order valence-corrected chi connectivity index (χ3v) is 9.64. The van der Waals surface area contributed by atoms with Crippen molar-refractivity contribution in [2.24, 2.45) is 5.73 Å². The van der Waals surface area contributed by atoms with Crippen LogP contribution in [0.1, 0.15) is 30.4 Å². The number of ether oxygens (including phenoxy) is 1. The second kappa shape index (κ2) is 12.3. The fraction of sp³-hybridized carbons (Fsp3) is 0.464. The number of nitrogens with two attached hydrogens (primary N) is 1. The number of carbonyl (C=O) groups excluding carboxylic acids is 3. The van der Waals surface area contributed by atoms with Gasteiger partial charge in [0.1, 0.15) is 0 Å². The summed E-state index contributed by atoms with van der Waals surface area (Å²) in [5.74, 6) is -0.217. The van der Waals surface area contributed by atoms with Crippen LogP contribution >= 0.6 is 31.9 Å². The normalized spacial score (nSPS) is 20.7. The summed E-state index contributed by atoms with van der Waals surface area (Å²) >= 11 is 6.98. The molecule has 9 nitrogen and oxygen atoms in total. The van der Waals surface area contributed by atoms with Gasteiger partial charge in [-0.2, -0.15) is 0 Å². The second-order valence-electron chi connectivity index (χ2n) is 10.4. The van der Waals surface area contributed by atoms with Crippen molar-refractivity contribution in [3.05, 3.63) is 62.5 Å². The third-order valence-electron chi connectivity index (χ3n) is 7.77. The highest BCUT2D eigenvalue weighted by Gasteiger charge is 2.36. The molecule has 2 aromatic carbocycles. The maximum Gasteiger partial charge on any atom is 0.410 e. The molecule has 3 aliphatic rings. The van der Waals surface area contributed by atoms with Crippen LogP contribution in [0.25, 0.3) is 0 Å². The Morgan fingerprint density at radius 1 is 1.00 bits per heavy atom. The number of piperidine rings is 1. The average molecular weight is 663 g/mol. The standard InChI is InChI=1S/C28H33Br2N5O4/c29-22-6-5-18(15-23(22)30)16-25(26(36)34-11-8-20(31)17-34)39-28(38)33-12-9-21(10-13-33)35-14-7-19-3-1-2-4-24(19)32-27(35)37/h1-6,15,20-21,25H,7-14,16-17,31H2,(H,32,37)/t20?,25-/m1/s1. The molecule has 3 heterocycles. The van der Waals surface area contributed by atoms with Crippen molar-refractivity contribution in [3.8, 4) is 0 Å². The number of hydrogen-bond donors (Lipinski definition) is 2. The molecular weight excluding hydrogens is 630 g/mol. The molecule has 2 fully saturated rings. The average Bonchev–Trinajstić information content (AvgIpc) is 3.29. The van der Waals surface area contributed by atoms with Gasteiger partial charge >= 0.3 is 12.1 Å². The molecular formula is C28H33Br2N5O4. The smallest absolute Gasteiger partial charge is 0.410 e. The van der Waals surface area contributed by atoms with E-state index in [9.17, 15) is 14.4 Å². The van der Waals surface area contributed by atoms with Crippen molar-refractivity contribution in [2.75, 3.05) is 38.0 Å². The predicted octanol–water partition coefficient (Wildman–Crippen LogP) is 4.37. The van der Waals surface area contributed by atoms with Crippen molar-refractivity contribution < 1.29 is 19.1 Å². The van der Waals surface area contributed by atoms with Gasteiger partial charge in [0.05, 0.1) is 0 Å². The van der Waals surface area contributed by atoms with Crippen molar-refractivity contribution in [1.82, 2.24) is 14.7 Å². The van der Waals surface area contributed by atoms with Crippen LogP contribution in [0.3, 0.4) is 0 Å². The van der Waals surface area contributed by atoms with Crippen molar-refractivity contribution in [3.63, 3.8) is 0 Å². The molecule has 3 N–H and O–H groups in total. The van der Waals surface area contributed by atoms with Gasteiger partial charge in [-0.25, -0.2) is 9.59 Å². The lowest BCUT2D eigenvalue weighted by molar-refractivity contribution is -0.139. The maximum atomic E-state index is 13.4. The molecule has 3 aliphatic heterocycles. The first-order valence-electron chi connectivity index (χ1n) is 13.4. The molecule has 5 rings (SSSR count). The Morgan fingerprint density at radius 2 is 1.74 bits per heavy atom. The van der Waals surface area contributed by atoms with Gasteiger partial charge < -0.3 is 30.5 Å². The summed E-state index contributed by atoms with van der Waals surface area (Å²) in [6.45, 7) is 2.57. The van der Waals surface area contributed by atoms with Crippen molar-refractivity contribution in [1.29, 1.82) is 0 Å². The van der Waals surface area contributed by atoms with Crippen molar-refractivity contribution >= 4 is 55.6 Å². The highest BCUT2D eigenvalue weighted by Crippen LogP contribution is 2.27. The molecule has 0 aliphatic carbocycles. The summed E-state index contributed by atoms with van der Waals surface area (Å²) in [5, 5.41) is 3.03. The molecule has 0 aromatic heterocycles. The van der Waals surface area contributed by atoms with Crippen LogP contribution in [0.15, 0.2) is 51.4 Å². The van der Waals surface area contributed by atoms with E-state index in [1.54, 1.807) is 9.80 Å². The minimum atomic E-state index is -0.941. The van der Waals surface area contributed by atoms with Gasteiger partial charge in [-0.1, -0.05) is 24.3 Å². The van der Waals surface area contributed by atoms with Crippen LogP contribution in [0, 0.1) is 0 Å². The Kier molecular flexibility index (Phi) is 8.78. The third kappa shape index (κ3) is 6.58. The Morgan fingerprint density at radius 3 is 2.46 bits per heavy atom. The molecule has 1 unspecified atom stereocenters. The minimum Gasteiger partial charge on any atom is -0.436 e. The molecule has 0 spiro atoms. The van der Waals surface area contributed by atoms with Gasteiger partial charge in [-0.05, 0) is 86.9 Å². The van der Waals surface area contributed by atoms with Crippen LogP contribution in [0.2, 0.25) is 0 Å². The summed E-state index contributed by atoms with van der Waals surface area (Å²) in [6.07, 6.45) is 1.65. The first kappa shape index (κ1) is 27.9. The number of nitrogens with zero attached hydrogens (tertiary/aromatic N) is 3. The predicted molar refractivity (Wildman–Crippen MR) is 155 cm³/mol. The number of para-hydroxylation sites is 1. The molecule has 4 amide bonds. The first-order chi connectivity index (χ1) is 18.8. The molecule has 11 heteroatoms. The quantitative estimate of drug-likeness (QED) is 0.495. The first-order valence-corrected chi connectivity index (χ1v) is 15.0. The SMILES string of the molecule is NC1CCN(C(=O)[C@@H](Cc2ccc(Br)c(Br)c2)OC(=O)N2CCC(N3CCc4ccccc4NC3=O)CC2)C1. The molecule has 39 heavy (non-hydrogen) atoms. The monoisotopic (exact) mass is 661 g/mol. The highest BCUT2D eigenvalue weighted by atomic mass is 79.9. The largest absolute Gasteiger partial charge is 0.436 e. The number of rotatable bonds is 5. The number of nitrogens with one attached hydrogen (secondary N) is 1. The Balaban J connectivity index is 1.21. The Hall–Kier alpha value is -2.63. The summed E-state index contributed by atoms with van der Waals surface area (Å²) < 4.78 is 7.64. The number of benzene rings is 2. The second-order valence-corrected chi connectivity index (χ2v) is 12.1. The van der Waals surface area contributed by atoms with E-state index in [0.29, 0.717) is 45.6 Å². The molecule has 2 saturated heterocycles. The van der Waals surface area contributed by atoms with Gasteiger partial charge in [0, 0.05) is 65.9 Å². The number of carbonyl (C=O) groups is 3. The summed E-state index contributed by atoms with van der Waals surface area (Å²) in [7, 11) is 0. The number of fused-ring (bicyclic) bond motifs is 1. The zero-order chi connectivity index (χ0) is 27.5. The number of halogens is 2. The van der Waals surface area contributed by atoms with Gasteiger partial charge in [0.2, 0.25) is 0 Å². The molecule has 0 radical (unpaired) electrons. The van der Waals surface area contributed by atoms with Crippen LogP contribution in [-0.2, 0) is 22.4 Å². The number of anilines is 1. The molecule has 0 bridgehead atoms. The topological polar surface area (TPSA) is 108 Å². The van der Waals surface area contributed by atoms with E-state index in [1.807, 2.05) is 47.4 Å². The minimum absolute atomic E-state index is 0.0343. The van der Waals surface area contributed by atoms with Gasteiger partial charge in [-0.15, -0.1) is 0 Å². The van der Waals surface area contributed by atoms with E-state index in [-0.39, 0.29) is 30.4 Å². The van der Waals surface area contributed by atoms with Gasteiger partial charge in [0.25, 0.3) is 5.91 Å². The molecule has 2 atom stereocenters. The lowest BCUT2D eigenvalue weighted by Crippen LogP contribution is -2.51. The maximum absolute atomic E-state index is 13.4. The van der Waals surface area contributed by atoms with E-state index in [2.05, 4.69) is 37.2 Å². The van der Waals surface area contributed by atoms with Crippen LogP contribution in [0.4, 0.5) is 15.3 Å². The number of amides is 4. The van der Waals surface area contributed by atoms with E-state index >= 15 is 0 Å². The van der Waals surface area contributed by atoms with E-state index in [0.717, 1.165) is 38.6 Å². The zero-order valence-electron chi connectivity index (χ0n) is 21.7. The van der Waals surface area contributed by atoms with Crippen LogP contribution < -0.4 is 11.1 Å². The fourth-order valence-corrected chi connectivity index (χ4v) is 6.22. The number of urea groups is 1. The molecule has 208 valence electrons. The van der Waals surface area contributed by atoms with Gasteiger partial charge in [-0.3, -0.25) is 4.79 Å². The lowest BCUT2D eigenvalue weighted by atomic mass is 10.0. The number of hydrogen-bond acceptors (Lipinski definition) is 5. The van der Waals surface area contributed by atoms with E-state index in [4.69, 9.17) is 10.5 Å². The summed E-state index contributed by atoms with van der Waals surface area (Å²) in [5.41, 5.74) is 8.90. The van der Waals surface area contributed by atoms with Gasteiger partial charge in [0.15, 0.2) is 6.10 Å². The highest BCUT2D eigenvalue weighted by molar-refractivity contribution is 9.13.